The van der Waals surface area contributed by atoms with Gasteiger partial charge >= 0.3 is 0 Å². The van der Waals surface area contributed by atoms with E-state index in [2.05, 4.69) is 20.4 Å². The van der Waals surface area contributed by atoms with E-state index < -0.39 is 0 Å². The Bertz CT molecular complexity index is 498. The van der Waals surface area contributed by atoms with Crippen LogP contribution >= 0.6 is 0 Å². The molecule has 0 radical (unpaired) electrons. The van der Waals surface area contributed by atoms with Gasteiger partial charge in [-0.15, -0.1) is 0 Å². The number of hydrogen-bond donors (Lipinski definition) is 2. The van der Waals surface area contributed by atoms with Gasteiger partial charge in [0.2, 0.25) is 0 Å². The molecular formula is C10H15N5O2. The van der Waals surface area contributed by atoms with Crippen molar-refractivity contribution in [1.82, 2.24) is 19.6 Å². The van der Waals surface area contributed by atoms with Crippen molar-refractivity contribution in [3.8, 4) is 0 Å². The summed E-state index contributed by atoms with van der Waals surface area (Å²) in [6.07, 6.45) is 1.44. The van der Waals surface area contributed by atoms with Crippen LogP contribution in [0, 0.1) is 6.92 Å². The molecule has 0 aliphatic rings. The third-order valence-electron chi connectivity index (χ3n) is 2.32. The number of rotatable bonds is 5. The summed E-state index contributed by atoms with van der Waals surface area (Å²) in [5.41, 5.74) is 0.835. The van der Waals surface area contributed by atoms with Crippen LogP contribution in [-0.2, 0) is 4.74 Å². The van der Waals surface area contributed by atoms with Crippen molar-refractivity contribution >= 4 is 11.6 Å². The average molecular weight is 237 g/mol. The van der Waals surface area contributed by atoms with Crippen molar-refractivity contribution in [3.63, 3.8) is 0 Å². The van der Waals surface area contributed by atoms with E-state index in [1.54, 1.807) is 11.6 Å². The highest BCUT2D eigenvalue weighted by molar-refractivity contribution is 5.45. The van der Waals surface area contributed by atoms with E-state index >= 15 is 0 Å². The first kappa shape index (κ1) is 11.7. The van der Waals surface area contributed by atoms with Crippen LogP contribution in [0.25, 0.3) is 5.78 Å². The lowest BCUT2D eigenvalue weighted by atomic mass is 10.3. The van der Waals surface area contributed by atoms with Crippen LogP contribution in [0.15, 0.2) is 12.4 Å². The number of methoxy groups -OCH3 is 1. The Morgan fingerprint density at radius 1 is 1.59 bits per heavy atom. The molecule has 0 saturated carbocycles. The van der Waals surface area contributed by atoms with Gasteiger partial charge in [0.05, 0.1) is 19.3 Å². The topological polar surface area (TPSA) is 84.6 Å². The number of hydrogen-bond acceptors (Lipinski definition) is 6. The Balaban J connectivity index is 2.30. The molecule has 2 rings (SSSR count). The molecule has 2 aromatic rings. The minimum absolute atomic E-state index is 0.0224. The molecule has 0 aromatic carbocycles. The maximum absolute atomic E-state index is 9.21. The Kier molecular flexibility index (Phi) is 3.50. The van der Waals surface area contributed by atoms with E-state index in [4.69, 9.17) is 4.74 Å². The number of fused-ring (bicyclic) bond motifs is 1. The van der Waals surface area contributed by atoms with Crippen molar-refractivity contribution in [2.24, 2.45) is 0 Å². The summed E-state index contributed by atoms with van der Waals surface area (Å²) in [5, 5.41) is 16.4. The monoisotopic (exact) mass is 237 g/mol. The lowest BCUT2D eigenvalue weighted by Gasteiger charge is -2.17. The molecule has 7 nitrogen and oxygen atoms in total. The first-order valence-electron chi connectivity index (χ1n) is 5.28. The van der Waals surface area contributed by atoms with Crippen molar-refractivity contribution in [1.29, 1.82) is 0 Å². The smallest absolute Gasteiger partial charge is 0.254 e. The van der Waals surface area contributed by atoms with Crippen molar-refractivity contribution in [2.75, 3.05) is 25.6 Å². The van der Waals surface area contributed by atoms with Gasteiger partial charge < -0.3 is 15.2 Å². The molecule has 2 heterocycles. The van der Waals surface area contributed by atoms with Gasteiger partial charge in [-0.2, -0.15) is 14.6 Å². The van der Waals surface area contributed by atoms with Gasteiger partial charge in [0.25, 0.3) is 5.78 Å². The number of nitrogens with zero attached hydrogens (tertiary/aromatic N) is 4. The van der Waals surface area contributed by atoms with Gasteiger partial charge in [-0.25, -0.2) is 4.98 Å². The summed E-state index contributed by atoms with van der Waals surface area (Å²) in [6, 6.07) is 1.66. The fraction of sp³-hybridized carbons (Fsp3) is 0.500. The van der Waals surface area contributed by atoms with Crippen LogP contribution in [0.4, 0.5) is 5.82 Å². The van der Waals surface area contributed by atoms with Crippen LogP contribution in [0.2, 0.25) is 0 Å². The number of anilines is 1. The molecule has 7 heteroatoms. The van der Waals surface area contributed by atoms with Gasteiger partial charge in [0.1, 0.15) is 12.1 Å². The molecule has 0 amide bonds. The SMILES string of the molecule is COCC(CO)Nc1cc(C)nc2ncnn12. The molecule has 1 unspecified atom stereocenters. The van der Waals surface area contributed by atoms with E-state index in [0.717, 1.165) is 11.5 Å². The standard InChI is InChI=1S/C10H15N5O2/c1-7-3-9(14-8(4-16)5-17-2)15-10(13-7)11-6-12-15/h3,6,8,14,16H,4-5H2,1-2H3. The summed E-state index contributed by atoms with van der Waals surface area (Å²) < 4.78 is 6.60. The third kappa shape index (κ3) is 2.51. The largest absolute Gasteiger partial charge is 0.394 e. The number of aliphatic hydroxyl groups excluding tert-OH is 1. The summed E-state index contributed by atoms with van der Waals surface area (Å²) in [6.45, 7) is 2.27. The number of nitrogens with one attached hydrogen (secondary N) is 1. The first-order chi connectivity index (χ1) is 8.24. The zero-order chi connectivity index (χ0) is 12.3. The van der Waals surface area contributed by atoms with Gasteiger partial charge in [-0.1, -0.05) is 0 Å². The third-order valence-corrected chi connectivity index (χ3v) is 2.32. The lowest BCUT2D eigenvalue weighted by molar-refractivity contribution is 0.153. The molecule has 1 atom stereocenters. The Labute approximate surface area is 98.5 Å². The van der Waals surface area contributed by atoms with Gasteiger partial charge in [0, 0.05) is 18.9 Å². The number of aliphatic hydroxyl groups is 1. The van der Waals surface area contributed by atoms with Crippen LogP contribution in [0.5, 0.6) is 0 Å². The van der Waals surface area contributed by atoms with Gasteiger partial charge in [-0.3, -0.25) is 0 Å². The molecule has 0 aliphatic carbocycles. The highest BCUT2D eigenvalue weighted by atomic mass is 16.5. The maximum Gasteiger partial charge on any atom is 0.254 e. The molecule has 0 saturated heterocycles. The van der Waals surface area contributed by atoms with Crippen LogP contribution in [0.3, 0.4) is 0 Å². The van der Waals surface area contributed by atoms with Crippen molar-refractivity contribution in [3.05, 3.63) is 18.1 Å². The number of aromatic nitrogens is 4. The van der Waals surface area contributed by atoms with Crippen LogP contribution < -0.4 is 5.32 Å². The zero-order valence-electron chi connectivity index (χ0n) is 9.79. The second-order valence-corrected chi connectivity index (χ2v) is 3.73. The normalized spacial score (nSPS) is 12.9. The Morgan fingerprint density at radius 3 is 3.12 bits per heavy atom. The van der Waals surface area contributed by atoms with E-state index in [-0.39, 0.29) is 12.6 Å². The summed E-state index contributed by atoms with van der Waals surface area (Å²) in [4.78, 5) is 8.26. The molecule has 17 heavy (non-hydrogen) atoms. The van der Waals surface area contributed by atoms with E-state index in [9.17, 15) is 5.11 Å². The first-order valence-corrected chi connectivity index (χ1v) is 5.28. The molecular weight excluding hydrogens is 222 g/mol. The van der Waals surface area contributed by atoms with E-state index in [1.165, 1.54) is 6.33 Å². The van der Waals surface area contributed by atoms with Gasteiger partial charge in [0.15, 0.2) is 0 Å². The second-order valence-electron chi connectivity index (χ2n) is 3.73. The fourth-order valence-electron chi connectivity index (χ4n) is 1.58. The number of ether oxygens (including phenoxy) is 1. The lowest BCUT2D eigenvalue weighted by Crippen LogP contribution is -2.29. The molecule has 0 fully saturated rings. The maximum atomic E-state index is 9.21. The predicted octanol–water partition coefficient (Wildman–Crippen LogP) is -0.148. The van der Waals surface area contributed by atoms with E-state index in [1.807, 2.05) is 13.0 Å². The highest BCUT2D eigenvalue weighted by Crippen LogP contribution is 2.11. The number of aryl methyl sites for hydroxylation is 1. The van der Waals surface area contributed by atoms with Crippen LogP contribution in [0.1, 0.15) is 5.69 Å². The van der Waals surface area contributed by atoms with Gasteiger partial charge in [-0.05, 0) is 6.92 Å². The Hall–Kier alpha value is -1.73. The quantitative estimate of drug-likeness (QED) is 0.752. The van der Waals surface area contributed by atoms with E-state index in [0.29, 0.717) is 12.4 Å². The summed E-state index contributed by atoms with van der Waals surface area (Å²) >= 11 is 0. The van der Waals surface area contributed by atoms with Crippen molar-refractivity contribution in [2.45, 2.75) is 13.0 Å². The molecule has 0 spiro atoms. The Morgan fingerprint density at radius 2 is 2.41 bits per heavy atom. The molecule has 2 aromatic heterocycles. The molecule has 0 bridgehead atoms. The summed E-state index contributed by atoms with van der Waals surface area (Å²) in [5.74, 6) is 1.27. The fourth-order valence-corrected chi connectivity index (χ4v) is 1.58. The van der Waals surface area contributed by atoms with Crippen LogP contribution in [-0.4, -0.2) is 51.1 Å². The minimum atomic E-state index is -0.186. The molecule has 92 valence electrons. The summed E-state index contributed by atoms with van der Waals surface area (Å²) in [7, 11) is 1.59. The molecule has 0 aliphatic heterocycles. The minimum Gasteiger partial charge on any atom is -0.394 e. The second kappa shape index (κ2) is 5.07. The average Bonchev–Trinajstić information content (AvgIpc) is 2.76. The molecule has 2 N–H and O–H groups in total. The predicted molar refractivity (Wildman–Crippen MR) is 61.9 cm³/mol. The van der Waals surface area contributed by atoms with Crippen molar-refractivity contribution < 1.29 is 9.84 Å². The highest BCUT2D eigenvalue weighted by Gasteiger charge is 2.11. The zero-order valence-corrected chi connectivity index (χ0v) is 9.79.